The van der Waals surface area contributed by atoms with E-state index in [4.69, 9.17) is 9.47 Å². The van der Waals surface area contributed by atoms with Crippen LogP contribution in [0.15, 0.2) is 12.1 Å². The van der Waals surface area contributed by atoms with Gasteiger partial charge in [0.15, 0.2) is 0 Å². The number of aryl methyl sites for hydroxylation is 2. The molecule has 4 nitrogen and oxygen atoms in total. The molecule has 0 saturated heterocycles. The van der Waals surface area contributed by atoms with Crippen molar-refractivity contribution in [3.05, 3.63) is 23.3 Å². The van der Waals surface area contributed by atoms with E-state index in [1.807, 2.05) is 14.0 Å². The maximum atomic E-state index is 11.9. The fourth-order valence-corrected chi connectivity index (χ4v) is 3.04. The van der Waals surface area contributed by atoms with Gasteiger partial charge in [-0.3, -0.25) is 0 Å². The van der Waals surface area contributed by atoms with E-state index in [2.05, 4.69) is 17.0 Å². The second-order valence-electron chi connectivity index (χ2n) is 5.53. The zero-order chi connectivity index (χ0) is 14.1. The van der Waals surface area contributed by atoms with Crippen LogP contribution in [0.5, 0.6) is 5.75 Å². The first-order valence-electron chi connectivity index (χ1n) is 7.39. The Balaban J connectivity index is 1.89. The van der Waals surface area contributed by atoms with E-state index in [0.29, 0.717) is 13.2 Å². The molecule has 4 heteroatoms. The monoisotopic (exact) mass is 275 g/mol. The molecule has 0 aromatic heterocycles. The lowest BCUT2D eigenvalue weighted by atomic mass is 9.90. The molecule has 108 valence electrons. The van der Waals surface area contributed by atoms with Crippen molar-refractivity contribution in [2.45, 2.75) is 38.7 Å². The van der Waals surface area contributed by atoms with Gasteiger partial charge in [-0.1, -0.05) is 0 Å². The summed E-state index contributed by atoms with van der Waals surface area (Å²) in [5.74, 6) is 0.542. The SMILES string of the molecule is CCOC(=O)C1CN(C)c2cc3c(cc2O1)CCCC3. The maximum Gasteiger partial charge on any atom is 0.349 e. The summed E-state index contributed by atoms with van der Waals surface area (Å²) in [6.07, 6.45) is 4.25. The van der Waals surface area contributed by atoms with Gasteiger partial charge in [-0.25, -0.2) is 4.79 Å². The molecular weight excluding hydrogens is 254 g/mol. The van der Waals surface area contributed by atoms with E-state index >= 15 is 0 Å². The highest BCUT2D eigenvalue weighted by Gasteiger charge is 2.31. The van der Waals surface area contributed by atoms with Crippen LogP contribution in [-0.2, 0) is 22.4 Å². The number of carbonyl (C=O) groups excluding carboxylic acids is 1. The molecule has 1 aliphatic heterocycles. The molecule has 1 aromatic carbocycles. The Morgan fingerprint density at radius 3 is 2.75 bits per heavy atom. The Bertz CT molecular complexity index is 527. The summed E-state index contributed by atoms with van der Waals surface area (Å²) in [5.41, 5.74) is 3.89. The minimum atomic E-state index is -0.519. The number of nitrogens with zero attached hydrogens (tertiary/aromatic N) is 1. The molecular formula is C16H21NO3. The van der Waals surface area contributed by atoms with E-state index in [0.717, 1.165) is 24.3 Å². The number of hydrogen-bond donors (Lipinski definition) is 0. The molecule has 1 heterocycles. The van der Waals surface area contributed by atoms with Gasteiger partial charge < -0.3 is 14.4 Å². The van der Waals surface area contributed by atoms with Crippen molar-refractivity contribution in [3.63, 3.8) is 0 Å². The first-order chi connectivity index (χ1) is 9.69. The highest BCUT2D eigenvalue weighted by Crippen LogP contribution is 2.37. The molecule has 0 spiro atoms. The van der Waals surface area contributed by atoms with Gasteiger partial charge in [0.25, 0.3) is 0 Å². The molecule has 0 saturated carbocycles. The third-order valence-electron chi connectivity index (χ3n) is 4.09. The Labute approximate surface area is 119 Å². The molecule has 1 unspecified atom stereocenters. The number of rotatable bonds is 2. The Hall–Kier alpha value is -1.71. The van der Waals surface area contributed by atoms with Gasteiger partial charge in [-0.15, -0.1) is 0 Å². The number of benzene rings is 1. The zero-order valence-corrected chi connectivity index (χ0v) is 12.1. The molecule has 0 fully saturated rings. The van der Waals surface area contributed by atoms with Crippen LogP contribution in [0.4, 0.5) is 5.69 Å². The van der Waals surface area contributed by atoms with Gasteiger partial charge in [-0.05, 0) is 55.9 Å². The van der Waals surface area contributed by atoms with Gasteiger partial charge in [-0.2, -0.15) is 0 Å². The van der Waals surface area contributed by atoms with Crippen LogP contribution in [-0.4, -0.2) is 32.3 Å². The highest BCUT2D eigenvalue weighted by molar-refractivity contribution is 5.78. The molecule has 3 rings (SSSR count). The number of likely N-dealkylation sites (N-methyl/N-ethyl adjacent to an activating group) is 1. The van der Waals surface area contributed by atoms with Crippen molar-refractivity contribution in [1.82, 2.24) is 0 Å². The molecule has 0 N–H and O–H groups in total. The summed E-state index contributed by atoms with van der Waals surface area (Å²) in [5, 5.41) is 0. The fourth-order valence-electron chi connectivity index (χ4n) is 3.04. The zero-order valence-electron chi connectivity index (χ0n) is 12.1. The van der Waals surface area contributed by atoms with Gasteiger partial charge in [0, 0.05) is 7.05 Å². The highest BCUT2D eigenvalue weighted by atomic mass is 16.6. The molecule has 1 aliphatic carbocycles. The molecule has 20 heavy (non-hydrogen) atoms. The molecule has 1 aromatic rings. The van der Waals surface area contributed by atoms with Crippen molar-refractivity contribution in [3.8, 4) is 5.75 Å². The standard InChI is InChI=1S/C16H21NO3/c1-3-19-16(18)15-10-17(2)13-8-11-6-4-5-7-12(11)9-14(13)20-15/h8-9,15H,3-7,10H2,1-2H3. The van der Waals surface area contributed by atoms with Gasteiger partial charge in [0.2, 0.25) is 6.10 Å². The van der Waals surface area contributed by atoms with Crippen LogP contribution in [0.2, 0.25) is 0 Å². The molecule has 0 radical (unpaired) electrons. The second kappa shape index (κ2) is 5.35. The molecule has 0 amide bonds. The predicted molar refractivity (Wildman–Crippen MR) is 77.4 cm³/mol. The minimum Gasteiger partial charge on any atom is -0.475 e. The van der Waals surface area contributed by atoms with Crippen LogP contribution in [0, 0.1) is 0 Å². The Morgan fingerprint density at radius 2 is 2.05 bits per heavy atom. The second-order valence-corrected chi connectivity index (χ2v) is 5.53. The lowest BCUT2D eigenvalue weighted by Crippen LogP contribution is -2.43. The molecule has 1 atom stereocenters. The van der Waals surface area contributed by atoms with Crippen molar-refractivity contribution in [1.29, 1.82) is 0 Å². The average molecular weight is 275 g/mol. The summed E-state index contributed by atoms with van der Waals surface area (Å²) >= 11 is 0. The Kier molecular flexibility index (Phi) is 3.55. The predicted octanol–water partition coefficient (Wildman–Crippen LogP) is 2.33. The first kappa shape index (κ1) is 13.3. The minimum absolute atomic E-state index is 0.275. The third-order valence-corrected chi connectivity index (χ3v) is 4.09. The number of esters is 1. The summed E-state index contributed by atoms with van der Waals surface area (Å²) in [6, 6.07) is 4.34. The Morgan fingerprint density at radius 1 is 1.35 bits per heavy atom. The quantitative estimate of drug-likeness (QED) is 0.777. The van der Waals surface area contributed by atoms with E-state index in [-0.39, 0.29) is 5.97 Å². The van der Waals surface area contributed by atoms with E-state index in [1.165, 1.54) is 24.0 Å². The lowest BCUT2D eigenvalue weighted by Gasteiger charge is -2.34. The maximum absolute atomic E-state index is 11.9. The van der Waals surface area contributed by atoms with Crippen LogP contribution in [0.25, 0.3) is 0 Å². The average Bonchev–Trinajstić information content (AvgIpc) is 2.45. The van der Waals surface area contributed by atoms with Crippen molar-refractivity contribution < 1.29 is 14.3 Å². The molecule has 2 aliphatic rings. The van der Waals surface area contributed by atoms with Crippen molar-refractivity contribution >= 4 is 11.7 Å². The van der Waals surface area contributed by atoms with Crippen LogP contribution in [0.1, 0.15) is 30.9 Å². The molecule has 0 bridgehead atoms. The largest absolute Gasteiger partial charge is 0.475 e. The van der Waals surface area contributed by atoms with Gasteiger partial charge >= 0.3 is 5.97 Å². The number of ether oxygens (including phenoxy) is 2. The first-order valence-corrected chi connectivity index (χ1v) is 7.39. The lowest BCUT2D eigenvalue weighted by molar-refractivity contribution is -0.151. The van der Waals surface area contributed by atoms with Crippen LogP contribution in [0.3, 0.4) is 0 Å². The number of anilines is 1. The van der Waals surface area contributed by atoms with Crippen molar-refractivity contribution in [2.75, 3.05) is 25.1 Å². The van der Waals surface area contributed by atoms with Gasteiger partial charge in [0.05, 0.1) is 18.8 Å². The number of fused-ring (bicyclic) bond motifs is 2. The van der Waals surface area contributed by atoms with Crippen molar-refractivity contribution in [2.24, 2.45) is 0 Å². The summed E-state index contributed by atoms with van der Waals surface area (Å²) in [6.45, 7) is 2.75. The normalized spacial score (nSPS) is 20.7. The van der Waals surface area contributed by atoms with Gasteiger partial charge in [0.1, 0.15) is 5.75 Å². The smallest absolute Gasteiger partial charge is 0.349 e. The van der Waals surface area contributed by atoms with E-state index < -0.39 is 6.10 Å². The number of hydrogen-bond acceptors (Lipinski definition) is 4. The van der Waals surface area contributed by atoms with E-state index in [9.17, 15) is 4.79 Å². The van der Waals surface area contributed by atoms with E-state index in [1.54, 1.807) is 0 Å². The third kappa shape index (κ3) is 2.35. The summed E-state index contributed by atoms with van der Waals surface area (Å²) in [4.78, 5) is 14.0. The number of carbonyl (C=O) groups is 1. The topological polar surface area (TPSA) is 38.8 Å². The van der Waals surface area contributed by atoms with Crippen LogP contribution >= 0.6 is 0 Å². The summed E-state index contributed by atoms with van der Waals surface area (Å²) < 4.78 is 10.9. The fraction of sp³-hybridized carbons (Fsp3) is 0.562. The summed E-state index contributed by atoms with van der Waals surface area (Å²) in [7, 11) is 2.00. The van der Waals surface area contributed by atoms with Crippen LogP contribution < -0.4 is 9.64 Å².